The molecule has 19 heavy (non-hydrogen) atoms. The second-order valence-electron chi connectivity index (χ2n) is 5.19. The maximum absolute atomic E-state index is 11.8. The van der Waals surface area contributed by atoms with Crippen LogP contribution in [0.4, 0.5) is 5.69 Å². The molecule has 106 valence electrons. The summed E-state index contributed by atoms with van der Waals surface area (Å²) in [5.41, 5.74) is 2.32. The van der Waals surface area contributed by atoms with Gasteiger partial charge in [0.25, 0.3) is 0 Å². The van der Waals surface area contributed by atoms with E-state index in [-0.39, 0.29) is 17.8 Å². The van der Waals surface area contributed by atoms with Gasteiger partial charge in [0.05, 0.1) is 13.0 Å². The van der Waals surface area contributed by atoms with Crippen LogP contribution in [0.15, 0.2) is 22.7 Å². The van der Waals surface area contributed by atoms with Crippen LogP contribution in [0.5, 0.6) is 0 Å². The first-order valence-electron chi connectivity index (χ1n) is 6.42. The van der Waals surface area contributed by atoms with Gasteiger partial charge in [-0.25, -0.2) is 0 Å². The smallest absolute Gasteiger partial charge is 0.310 e. The van der Waals surface area contributed by atoms with Gasteiger partial charge in [-0.1, -0.05) is 35.8 Å². The van der Waals surface area contributed by atoms with Crippen molar-refractivity contribution in [2.45, 2.75) is 20.8 Å². The van der Waals surface area contributed by atoms with Crippen molar-refractivity contribution in [3.8, 4) is 0 Å². The Hall–Kier alpha value is -1.03. The molecule has 0 saturated carbocycles. The molecule has 0 aromatic heterocycles. The molecule has 0 N–H and O–H groups in total. The Morgan fingerprint density at radius 2 is 2.05 bits per heavy atom. The molecule has 0 spiro atoms. The summed E-state index contributed by atoms with van der Waals surface area (Å²) < 4.78 is 5.93. The summed E-state index contributed by atoms with van der Waals surface area (Å²) >= 11 is 3.48. The fourth-order valence-corrected chi connectivity index (χ4v) is 2.45. The van der Waals surface area contributed by atoms with Gasteiger partial charge in [0.1, 0.15) is 0 Å². The summed E-state index contributed by atoms with van der Waals surface area (Å²) in [6.45, 7) is 6.81. The minimum Gasteiger partial charge on any atom is -0.469 e. The number of carbonyl (C=O) groups is 1. The summed E-state index contributed by atoms with van der Waals surface area (Å²) in [5, 5.41) is 0. The highest BCUT2D eigenvalue weighted by atomic mass is 79.9. The average molecular weight is 328 g/mol. The Labute approximate surface area is 124 Å². The van der Waals surface area contributed by atoms with Gasteiger partial charge in [0, 0.05) is 23.8 Å². The molecular weight excluding hydrogens is 306 g/mol. The van der Waals surface area contributed by atoms with Gasteiger partial charge in [-0.2, -0.15) is 0 Å². The standard InChI is InChI=1S/C15H22BrNO2/c1-10(2)13(15(18)19-5)9-17(4)14-8-12(16)7-6-11(14)3/h6-8,10,13H,9H2,1-5H3. The van der Waals surface area contributed by atoms with Crippen LogP contribution in [0.2, 0.25) is 0 Å². The molecule has 0 amide bonds. The number of methoxy groups -OCH3 is 1. The minimum absolute atomic E-state index is 0.117. The molecule has 0 aliphatic heterocycles. The highest BCUT2D eigenvalue weighted by molar-refractivity contribution is 9.10. The van der Waals surface area contributed by atoms with Crippen LogP contribution in [0.1, 0.15) is 19.4 Å². The number of hydrogen-bond donors (Lipinski definition) is 0. The van der Waals surface area contributed by atoms with Crippen LogP contribution in [-0.2, 0) is 9.53 Å². The third kappa shape index (κ3) is 4.23. The maximum atomic E-state index is 11.8. The van der Waals surface area contributed by atoms with Crippen molar-refractivity contribution in [3.05, 3.63) is 28.2 Å². The van der Waals surface area contributed by atoms with Crippen molar-refractivity contribution in [2.24, 2.45) is 11.8 Å². The first-order valence-corrected chi connectivity index (χ1v) is 7.21. The second-order valence-corrected chi connectivity index (χ2v) is 6.10. The predicted octanol–water partition coefficient (Wildman–Crippen LogP) is 3.64. The number of anilines is 1. The van der Waals surface area contributed by atoms with E-state index in [4.69, 9.17) is 4.74 Å². The zero-order valence-electron chi connectivity index (χ0n) is 12.2. The van der Waals surface area contributed by atoms with E-state index in [1.54, 1.807) is 0 Å². The number of esters is 1. The minimum atomic E-state index is -0.144. The molecule has 1 rings (SSSR count). The molecule has 0 fully saturated rings. The Balaban J connectivity index is 2.90. The van der Waals surface area contributed by atoms with E-state index in [1.165, 1.54) is 12.7 Å². The molecule has 3 nitrogen and oxygen atoms in total. The number of aryl methyl sites for hydroxylation is 1. The van der Waals surface area contributed by atoms with Crippen molar-refractivity contribution in [2.75, 3.05) is 25.6 Å². The summed E-state index contributed by atoms with van der Waals surface area (Å²) in [6, 6.07) is 6.16. The maximum Gasteiger partial charge on any atom is 0.310 e. The summed E-state index contributed by atoms with van der Waals surface area (Å²) in [7, 11) is 3.45. The fraction of sp³-hybridized carbons (Fsp3) is 0.533. The highest BCUT2D eigenvalue weighted by Crippen LogP contribution is 2.25. The van der Waals surface area contributed by atoms with E-state index in [2.05, 4.69) is 39.9 Å². The third-order valence-electron chi connectivity index (χ3n) is 3.36. The summed E-state index contributed by atoms with van der Waals surface area (Å²) in [4.78, 5) is 13.9. The quantitative estimate of drug-likeness (QED) is 0.773. The molecule has 1 atom stereocenters. The van der Waals surface area contributed by atoms with Crippen LogP contribution in [0, 0.1) is 18.8 Å². The molecule has 0 aliphatic rings. The molecule has 0 radical (unpaired) electrons. The largest absolute Gasteiger partial charge is 0.469 e. The van der Waals surface area contributed by atoms with Crippen molar-refractivity contribution in [1.82, 2.24) is 0 Å². The third-order valence-corrected chi connectivity index (χ3v) is 3.85. The molecular formula is C15H22BrNO2. The van der Waals surface area contributed by atoms with Crippen LogP contribution in [0.3, 0.4) is 0 Å². The van der Waals surface area contributed by atoms with Gasteiger partial charge in [-0.15, -0.1) is 0 Å². The Bertz CT molecular complexity index is 446. The average Bonchev–Trinajstić information content (AvgIpc) is 2.37. The molecule has 0 aliphatic carbocycles. The van der Waals surface area contributed by atoms with E-state index in [1.807, 2.05) is 27.0 Å². The Morgan fingerprint density at radius 1 is 1.42 bits per heavy atom. The fourth-order valence-electron chi connectivity index (χ4n) is 2.10. The van der Waals surface area contributed by atoms with Crippen molar-refractivity contribution >= 4 is 27.6 Å². The molecule has 1 aromatic rings. The van der Waals surface area contributed by atoms with Gasteiger partial charge >= 0.3 is 5.97 Å². The van der Waals surface area contributed by atoms with E-state index in [9.17, 15) is 4.79 Å². The number of rotatable bonds is 5. The van der Waals surface area contributed by atoms with Gasteiger partial charge in [-0.05, 0) is 30.5 Å². The van der Waals surface area contributed by atoms with Crippen LogP contribution >= 0.6 is 15.9 Å². The van der Waals surface area contributed by atoms with Crippen molar-refractivity contribution in [3.63, 3.8) is 0 Å². The number of nitrogens with zero attached hydrogens (tertiary/aromatic N) is 1. The molecule has 0 heterocycles. The lowest BCUT2D eigenvalue weighted by Gasteiger charge is -2.27. The lowest BCUT2D eigenvalue weighted by Crippen LogP contribution is -2.34. The number of halogens is 1. The molecule has 0 bridgehead atoms. The number of carbonyl (C=O) groups excluding carboxylic acids is 1. The molecule has 4 heteroatoms. The lowest BCUT2D eigenvalue weighted by atomic mass is 9.95. The number of hydrogen-bond acceptors (Lipinski definition) is 3. The lowest BCUT2D eigenvalue weighted by molar-refractivity contribution is -0.146. The van der Waals surface area contributed by atoms with Crippen LogP contribution < -0.4 is 4.90 Å². The second kappa shape index (κ2) is 6.94. The number of ether oxygens (including phenoxy) is 1. The van der Waals surface area contributed by atoms with Gasteiger partial charge in [-0.3, -0.25) is 4.79 Å². The monoisotopic (exact) mass is 327 g/mol. The number of benzene rings is 1. The Kier molecular flexibility index (Phi) is 5.85. The van der Waals surface area contributed by atoms with Crippen molar-refractivity contribution < 1.29 is 9.53 Å². The summed E-state index contributed by atoms with van der Waals surface area (Å²) in [6.07, 6.45) is 0. The van der Waals surface area contributed by atoms with E-state index < -0.39 is 0 Å². The SMILES string of the molecule is COC(=O)C(CN(C)c1cc(Br)ccc1C)C(C)C. The highest BCUT2D eigenvalue weighted by Gasteiger charge is 2.25. The predicted molar refractivity (Wildman–Crippen MR) is 82.5 cm³/mol. The first-order chi connectivity index (χ1) is 8.86. The first kappa shape index (κ1) is 16.0. The zero-order chi connectivity index (χ0) is 14.6. The summed E-state index contributed by atoms with van der Waals surface area (Å²) in [5.74, 6) is -0.00904. The van der Waals surface area contributed by atoms with Gasteiger partial charge < -0.3 is 9.64 Å². The van der Waals surface area contributed by atoms with Crippen LogP contribution in [-0.4, -0.2) is 26.7 Å². The molecule has 0 saturated heterocycles. The van der Waals surface area contributed by atoms with Gasteiger partial charge in [0.2, 0.25) is 0 Å². The van der Waals surface area contributed by atoms with E-state index in [0.29, 0.717) is 6.54 Å². The Morgan fingerprint density at radius 3 is 2.58 bits per heavy atom. The van der Waals surface area contributed by atoms with Crippen LogP contribution in [0.25, 0.3) is 0 Å². The van der Waals surface area contributed by atoms with E-state index in [0.717, 1.165) is 10.2 Å². The van der Waals surface area contributed by atoms with Crippen molar-refractivity contribution in [1.29, 1.82) is 0 Å². The van der Waals surface area contributed by atoms with Gasteiger partial charge in [0.15, 0.2) is 0 Å². The molecule has 1 aromatic carbocycles. The van der Waals surface area contributed by atoms with E-state index >= 15 is 0 Å². The normalized spacial score (nSPS) is 12.4. The zero-order valence-corrected chi connectivity index (χ0v) is 13.8. The topological polar surface area (TPSA) is 29.5 Å². The molecule has 1 unspecified atom stereocenters.